The van der Waals surface area contributed by atoms with E-state index in [4.69, 9.17) is 5.26 Å². The van der Waals surface area contributed by atoms with Crippen molar-refractivity contribution in [3.8, 4) is 11.8 Å². The molecule has 0 saturated heterocycles. The van der Waals surface area contributed by atoms with Gasteiger partial charge in [0.2, 0.25) is 0 Å². The number of aryl methyl sites for hydroxylation is 1. The molecular weight excluding hydrogens is 409 g/mol. The second kappa shape index (κ2) is 7.53. The minimum Gasteiger partial charge on any atom is -0.320 e. The number of carbonyl (C=O) groups excluding carboxylic acids is 1. The summed E-state index contributed by atoms with van der Waals surface area (Å²) in [7, 11) is 0. The fourth-order valence-electron chi connectivity index (χ4n) is 3.21. The van der Waals surface area contributed by atoms with Crippen molar-refractivity contribution in [2.45, 2.75) is 13.1 Å². The molecule has 0 unspecified atom stereocenters. The molecule has 0 aliphatic carbocycles. The van der Waals surface area contributed by atoms with Crippen LogP contribution in [0.4, 0.5) is 18.9 Å². The van der Waals surface area contributed by atoms with E-state index in [2.05, 4.69) is 20.4 Å². The van der Waals surface area contributed by atoms with Crippen molar-refractivity contribution in [1.82, 2.24) is 19.7 Å². The zero-order chi connectivity index (χ0) is 22.2. The van der Waals surface area contributed by atoms with E-state index in [1.807, 2.05) is 6.07 Å². The van der Waals surface area contributed by atoms with Gasteiger partial charge in [-0.2, -0.15) is 23.5 Å². The number of anilines is 1. The highest BCUT2D eigenvalue weighted by Crippen LogP contribution is 2.35. The van der Waals surface area contributed by atoms with Crippen molar-refractivity contribution < 1.29 is 18.0 Å². The number of alkyl halides is 3. The van der Waals surface area contributed by atoms with Gasteiger partial charge in [0.25, 0.3) is 5.91 Å². The molecule has 3 aromatic heterocycles. The molecule has 0 atom stereocenters. The summed E-state index contributed by atoms with van der Waals surface area (Å²) in [5.41, 5.74) is -0.902. The van der Waals surface area contributed by atoms with Crippen molar-refractivity contribution in [1.29, 1.82) is 5.26 Å². The second-order valence-corrected chi connectivity index (χ2v) is 6.65. The Balaban J connectivity index is 1.80. The molecule has 1 amide bonds. The lowest BCUT2D eigenvalue weighted by Gasteiger charge is -2.14. The first-order valence-electron chi connectivity index (χ1n) is 8.96. The van der Waals surface area contributed by atoms with Crippen LogP contribution < -0.4 is 5.32 Å². The molecule has 0 spiro atoms. The van der Waals surface area contributed by atoms with E-state index in [-0.39, 0.29) is 17.1 Å². The van der Waals surface area contributed by atoms with Crippen LogP contribution in [0.3, 0.4) is 0 Å². The van der Waals surface area contributed by atoms with Crippen molar-refractivity contribution >= 4 is 22.4 Å². The van der Waals surface area contributed by atoms with Crippen molar-refractivity contribution in [2.75, 3.05) is 5.32 Å². The fourth-order valence-corrected chi connectivity index (χ4v) is 3.21. The predicted octanol–water partition coefficient (Wildman–Crippen LogP) is 4.27. The Morgan fingerprint density at radius 1 is 1.19 bits per heavy atom. The number of hydrogen-bond donors (Lipinski definition) is 1. The Morgan fingerprint density at radius 3 is 2.71 bits per heavy atom. The van der Waals surface area contributed by atoms with Crippen LogP contribution in [0.15, 0.2) is 55.1 Å². The maximum Gasteiger partial charge on any atom is 0.434 e. The van der Waals surface area contributed by atoms with Gasteiger partial charge in [-0.25, -0.2) is 9.67 Å². The molecule has 31 heavy (non-hydrogen) atoms. The number of carbonyl (C=O) groups is 1. The standard InChI is InChI=1S/C21H13F3N6O/c1-12-7-14(9-27-17(12)8-25)29-20(31)16-11-28-30(19(16)21(22,23)24)18-4-2-3-13-5-6-26-10-15(13)18/h2-7,9-11H,1H3,(H,29,31). The van der Waals surface area contributed by atoms with Crippen molar-refractivity contribution in [3.05, 3.63) is 77.6 Å². The summed E-state index contributed by atoms with van der Waals surface area (Å²) < 4.78 is 42.7. The van der Waals surface area contributed by atoms with Crippen LogP contribution in [-0.2, 0) is 6.18 Å². The van der Waals surface area contributed by atoms with Gasteiger partial charge in [0.05, 0.1) is 29.3 Å². The number of nitrogens with one attached hydrogen (secondary N) is 1. The Kier molecular flexibility index (Phi) is 4.87. The Hall–Kier alpha value is -4.26. The largest absolute Gasteiger partial charge is 0.434 e. The maximum absolute atomic E-state index is 14.0. The van der Waals surface area contributed by atoms with Crippen LogP contribution in [-0.4, -0.2) is 25.7 Å². The van der Waals surface area contributed by atoms with Gasteiger partial charge in [-0.1, -0.05) is 12.1 Å². The number of pyridine rings is 2. The number of benzene rings is 1. The van der Waals surface area contributed by atoms with Crippen LogP contribution in [0, 0.1) is 18.3 Å². The van der Waals surface area contributed by atoms with E-state index in [1.54, 1.807) is 25.1 Å². The first-order chi connectivity index (χ1) is 14.8. The summed E-state index contributed by atoms with van der Waals surface area (Å²) in [6, 6.07) is 9.82. The SMILES string of the molecule is Cc1cc(NC(=O)c2cnn(-c3cccc4ccncc34)c2C(F)(F)F)cnc1C#N. The topological polar surface area (TPSA) is 96.5 Å². The highest BCUT2D eigenvalue weighted by Gasteiger charge is 2.40. The van der Waals surface area contributed by atoms with Crippen LogP contribution in [0.5, 0.6) is 0 Å². The number of fused-ring (bicyclic) bond motifs is 1. The van der Waals surface area contributed by atoms with Crippen LogP contribution >= 0.6 is 0 Å². The Morgan fingerprint density at radius 2 is 2.00 bits per heavy atom. The maximum atomic E-state index is 14.0. The molecule has 0 fully saturated rings. The third-order valence-corrected chi connectivity index (χ3v) is 4.61. The fraction of sp³-hybridized carbons (Fsp3) is 0.0952. The summed E-state index contributed by atoms with van der Waals surface area (Å²) in [5, 5.41) is 16.3. The number of hydrogen-bond acceptors (Lipinski definition) is 5. The average Bonchev–Trinajstić information content (AvgIpc) is 3.19. The monoisotopic (exact) mass is 422 g/mol. The lowest BCUT2D eigenvalue weighted by atomic mass is 10.1. The summed E-state index contributed by atoms with van der Waals surface area (Å²) >= 11 is 0. The molecule has 1 N–H and O–H groups in total. The molecule has 10 heteroatoms. The van der Waals surface area contributed by atoms with Gasteiger partial charge in [0.15, 0.2) is 5.69 Å². The molecular formula is C21H13F3N6O. The second-order valence-electron chi connectivity index (χ2n) is 6.65. The van der Waals surface area contributed by atoms with E-state index >= 15 is 0 Å². The van der Waals surface area contributed by atoms with Crippen LogP contribution in [0.2, 0.25) is 0 Å². The number of nitrogens with zero attached hydrogens (tertiary/aromatic N) is 5. The normalized spacial score (nSPS) is 11.3. The van der Waals surface area contributed by atoms with Gasteiger partial charge >= 0.3 is 6.18 Å². The number of rotatable bonds is 3. The molecule has 154 valence electrons. The van der Waals surface area contributed by atoms with Crippen molar-refractivity contribution in [2.24, 2.45) is 0 Å². The summed E-state index contributed by atoms with van der Waals surface area (Å²) in [5.74, 6) is -0.997. The Bertz CT molecular complexity index is 1350. The first kappa shape index (κ1) is 20.0. The van der Waals surface area contributed by atoms with Gasteiger partial charge < -0.3 is 5.32 Å². The third kappa shape index (κ3) is 3.69. The zero-order valence-electron chi connectivity index (χ0n) is 16.0. The van der Waals surface area contributed by atoms with Gasteiger partial charge in [-0.15, -0.1) is 0 Å². The number of aromatic nitrogens is 4. The smallest absolute Gasteiger partial charge is 0.320 e. The van der Waals surface area contributed by atoms with Gasteiger partial charge in [-0.05, 0) is 36.1 Å². The minimum absolute atomic E-state index is 0.146. The molecule has 0 aliphatic heterocycles. The van der Waals surface area contributed by atoms with E-state index in [9.17, 15) is 18.0 Å². The average molecular weight is 422 g/mol. The van der Waals surface area contributed by atoms with E-state index in [0.29, 0.717) is 21.0 Å². The van der Waals surface area contributed by atoms with Gasteiger partial charge in [0, 0.05) is 17.8 Å². The lowest BCUT2D eigenvalue weighted by Crippen LogP contribution is -2.21. The van der Waals surface area contributed by atoms with Gasteiger partial charge in [0.1, 0.15) is 11.8 Å². The van der Waals surface area contributed by atoms with Crippen LogP contribution in [0.25, 0.3) is 16.5 Å². The lowest BCUT2D eigenvalue weighted by molar-refractivity contribution is -0.143. The summed E-state index contributed by atoms with van der Waals surface area (Å²) in [4.78, 5) is 20.5. The highest BCUT2D eigenvalue weighted by atomic mass is 19.4. The molecule has 0 aliphatic rings. The number of halogens is 3. The Labute approximate surface area is 173 Å². The van der Waals surface area contributed by atoms with E-state index in [1.165, 1.54) is 30.7 Å². The third-order valence-electron chi connectivity index (χ3n) is 4.61. The molecule has 4 aromatic rings. The van der Waals surface area contributed by atoms with Crippen LogP contribution in [0.1, 0.15) is 27.3 Å². The molecule has 0 saturated carbocycles. The minimum atomic E-state index is -4.85. The molecule has 7 nitrogen and oxygen atoms in total. The summed E-state index contributed by atoms with van der Waals surface area (Å²) in [6.07, 6.45) is 0.199. The molecule has 0 bridgehead atoms. The highest BCUT2D eigenvalue weighted by molar-refractivity contribution is 6.05. The first-order valence-corrected chi connectivity index (χ1v) is 8.96. The van der Waals surface area contributed by atoms with Crippen molar-refractivity contribution in [3.63, 3.8) is 0 Å². The van der Waals surface area contributed by atoms with E-state index < -0.39 is 23.3 Å². The predicted molar refractivity (Wildman–Crippen MR) is 106 cm³/mol. The quantitative estimate of drug-likeness (QED) is 0.532. The molecule has 1 aromatic carbocycles. The number of nitriles is 1. The number of amides is 1. The van der Waals surface area contributed by atoms with Gasteiger partial charge in [-0.3, -0.25) is 9.78 Å². The molecule has 0 radical (unpaired) electrons. The zero-order valence-corrected chi connectivity index (χ0v) is 16.0. The summed E-state index contributed by atoms with van der Waals surface area (Å²) in [6.45, 7) is 1.61. The molecule has 3 heterocycles. The van der Waals surface area contributed by atoms with E-state index in [0.717, 1.165) is 6.20 Å². The molecule has 4 rings (SSSR count).